The summed E-state index contributed by atoms with van der Waals surface area (Å²) in [6.07, 6.45) is 2.26. The van der Waals surface area contributed by atoms with E-state index < -0.39 is 9.84 Å². The maximum Gasteiger partial charge on any atom is 0.252 e. The molecule has 31 heavy (non-hydrogen) atoms. The average Bonchev–Trinajstić information content (AvgIpc) is 3.24. The standard InChI is InChI=1S/C22H24ClN3O4S/c23-18-7-9-20(10-8-18)31(27,28)21-17-26(19-5-2-1-3-6-19)24-22(21)30-14-4-11-25-12-15-29-16-13-25/h1-3,5-10,17H,4,11-16H2. The van der Waals surface area contributed by atoms with Gasteiger partial charge in [-0.1, -0.05) is 29.8 Å². The van der Waals surface area contributed by atoms with Gasteiger partial charge in [-0.25, -0.2) is 13.1 Å². The lowest BCUT2D eigenvalue weighted by molar-refractivity contribution is 0.0356. The fraction of sp³-hybridized carbons (Fsp3) is 0.318. The SMILES string of the molecule is O=S(=O)(c1ccc(Cl)cc1)c1cn(-c2ccccc2)nc1OCCCN1CCOCC1. The molecule has 1 aliphatic heterocycles. The Kier molecular flexibility index (Phi) is 6.92. The number of sulfone groups is 1. The van der Waals surface area contributed by atoms with Crippen molar-refractivity contribution >= 4 is 21.4 Å². The third-order valence-electron chi connectivity index (χ3n) is 5.04. The zero-order chi connectivity index (χ0) is 21.7. The number of rotatable bonds is 8. The molecule has 2 heterocycles. The third-order valence-corrected chi connectivity index (χ3v) is 7.05. The Labute approximate surface area is 187 Å². The number of para-hydroxylation sites is 1. The Hall–Kier alpha value is -2.39. The second-order valence-corrected chi connectivity index (χ2v) is 9.55. The van der Waals surface area contributed by atoms with Gasteiger partial charge in [-0.2, -0.15) is 0 Å². The highest BCUT2D eigenvalue weighted by molar-refractivity contribution is 7.91. The van der Waals surface area contributed by atoms with Gasteiger partial charge < -0.3 is 9.47 Å². The van der Waals surface area contributed by atoms with Crippen molar-refractivity contribution in [3.63, 3.8) is 0 Å². The number of hydrogen-bond donors (Lipinski definition) is 0. The van der Waals surface area contributed by atoms with E-state index in [1.807, 2.05) is 30.3 Å². The second-order valence-electron chi connectivity index (χ2n) is 7.19. The van der Waals surface area contributed by atoms with Crippen LogP contribution in [0.3, 0.4) is 0 Å². The monoisotopic (exact) mass is 461 g/mol. The fourth-order valence-corrected chi connectivity index (χ4v) is 4.80. The minimum Gasteiger partial charge on any atom is -0.476 e. The van der Waals surface area contributed by atoms with Crippen LogP contribution in [0.15, 0.2) is 70.6 Å². The molecule has 0 atom stereocenters. The van der Waals surface area contributed by atoms with Gasteiger partial charge in [0.25, 0.3) is 5.88 Å². The molecule has 1 aromatic heterocycles. The van der Waals surface area contributed by atoms with Crippen molar-refractivity contribution < 1.29 is 17.9 Å². The van der Waals surface area contributed by atoms with Crippen molar-refractivity contribution in [2.45, 2.75) is 16.2 Å². The lowest BCUT2D eigenvalue weighted by Gasteiger charge is -2.26. The molecule has 0 unspecified atom stereocenters. The van der Waals surface area contributed by atoms with Crippen molar-refractivity contribution in [3.05, 3.63) is 65.8 Å². The molecule has 1 fully saturated rings. The molecule has 0 amide bonds. The topological polar surface area (TPSA) is 73.7 Å². The van der Waals surface area contributed by atoms with E-state index in [1.54, 1.807) is 12.1 Å². The van der Waals surface area contributed by atoms with E-state index in [0.717, 1.165) is 45.0 Å². The first-order valence-electron chi connectivity index (χ1n) is 10.1. The second kappa shape index (κ2) is 9.82. The maximum absolute atomic E-state index is 13.3. The number of halogens is 1. The highest BCUT2D eigenvalue weighted by Crippen LogP contribution is 2.30. The molecule has 2 aromatic carbocycles. The smallest absolute Gasteiger partial charge is 0.252 e. The number of hydrogen-bond acceptors (Lipinski definition) is 6. The van der Waals surface area contributed by atoms with Crippen molar-refractivity contribution in [1.82, 2.24) is 14.7 Å². The molecule has 1 aliphatic rings. The molecule has 0 aliphatic carbocycles. The summed E-state index contributed by atoms with van der Waals surface area (Å²) in [5.41, 5.74) is 0.748. The molecule has 0 spiro atoms. The van der Waals surface area contributed by atoms with Gasteiger partial charge in [0.1, 0.15) is 0 Å². The quantitative estimate of drug-likeness (QED) is 0.478. The van der Waals surface area contributed by atoms with Crippen LogP contribution in [0.1, 0.15) is 6.42 Å². The van der Waals surface area contributed by atoms with E-state index in [4.69, 9.17) is 21.1 Å². The zero-order valence-electron chi connectivity index (χ0n) is 17.0. The van der Waals surface area contributed by atoms with Crippen molar-refractivity contribution in [2.24, 2.45) is 0 Å². The average molecular weight is 462 g/mol. The molecular weight excluding hydrogens is 438 g/mol. The number of nitrogens with zero attached hydrogens (tertiary/aromatic N) is 3. The molecule has 0 bridgehead atoms. The van der Waals surface area contributed by atoms with Crippen molar-refractivity contribution in [3.8, 4) is 11.6 Å². The molecule has 0 radical (unpaired) electrons. The van der Waals surface area contributed by atoms with Crippen LogP contribution in [-0.2, 0) is 14.6 Å². The van der Waals surface area contributed by atoms with E-state index in [-0.39, 0.29) is 15.7 Å². The molecule has 1 saturated heterocycles. The van der Waals surface area contributed by atoms with Crippen LogP contribution in [-0.4, -0.2) is 62.6 Å². The lowest BCUT2D eigenvalue weighted by Crippen LogP contribution is -2.37. The van der Waals surface area contributed by atoms with Crippen molar-refractivity contribution in [2.75, 3.05) is 39.5 Å². The number of morpholine rings is 1. The Balaban J connectivity index is 1.56. The summed E-state index contributed by atoms with van der Waals surface area (Å²) in [6.45, 7) is 4.52. The summed E-state index contributed by atoms with van der Waals surface area (Å²) in [5.74, 6) is 0.0979. The Morgan fingerprint density at radius 3 is 2.45 bits per heavy atom. The highest BCUT2D eigenvalue weighted by atomic mass is 35.5. The minimum absolute atomic E-state index is 0.0325. The molecule has 164 valence electrons. The van der Waals surface area contributed by atoms with Crippen LogP contribution >= 0.6 is 11.6 Å². The van der Waals surface area contributed by atoms with Crippen LogP contribution in [0.5, 0.6) is 5.88 Å². The fourth-order valence-electron chi connectivity index (χ4n) is 3.36. The predicted octanol–water partition coefficient (Wildman–Crippen LogP) is 3.46. The first-order chi connectivity index (χ1) is 15.0. The summed E-state index contributed by atoms with van der Waals surface area (Å²) in [7, 11) is -3.83. The number of benzene rings is 2. The summed E-state index contributed by atoms with van der Waals surface area (Å²) in [6, 6.07) is 15.4. The Morgan fingerprint density at radius 1 is 1.03 bits per heavy atom. The van der Waals surface area contributed by atoms with Crippen LogP contribution in [0.2, 0.25) is 5.02 Å². The van der Waals surface area contributed by atoms with Crippen LogP contribution in [0.4, 0.5) is 0 Å². The van der Waals surface area contributed by atoms with Gasteiger partial charge in [0.05, 0.1) is 36.6 Å². The van der Waals surface area contributed by atoms with Crippen LogP contribution < -0.4 is 4.74 Å². The summed E-state index contributed by atoms with van der Waals surface area (Å²) < 4.78 is 39.3. The number of ether oxygens (including phenoxy) is 2. The molecular formula is C22H24ClN3O4S. The van der Waals surface area contributed by atoms with Gasteiger partial charge in [0.15, 0.2) is 4.90 Å². The third kappa shape index (κ3) is 5.27. The molecule has 0 N–H and O–H groups in total. The van der Waals surface area contributed by atoms with Gasteiger partial charge in [-0.3, -0.25) is 4.90 Å². The van der Waals surface area contributed by atoms with Crippen LogP contribution in [0.25, 0.3) is 5.69 Å². The van der Waals surface area contributed by atoms with Crippen LogP contribution in [0, 0.1) is 0 Å². The van der Waals surface area contributed by atoms with Crippen molar-refractivity contribution in [1.29, 1.82) is 0 Å². The van der Waals surface area contributed by atoms with E-state index in [9.17, 15) is 8.42 Å². The Bertz CT molecular complexity index is 1100. The molecule has 0 saturated carbocycles. The van der Waals surface area contributed by atoms with Gasteiger partial charge in [-0.15, -0.1) is 5.10 Å². The minimum atomic E-state index is -3.83. The van der Waals surface area contributed by atoms with Gasteiger partial charge in [-0.05, 0) is 42.8 Å². The predicted molar refractivity (Wildman–Crippen MR) is 118 cm³/mol. The van der Waals surface area contributed by atoms with E-state index in [1.165, 1.54) is 23.0 Å². The van der Waals surface area contributed by atoms with E-state index in [2.05, 4.69) is 10.00 Å². The highest BCUT2D eigenvalue weighted by Gasteiger charge is 2.26. The lowest BCUT2D eigenvalue weighted by atomic mass is 10.3. The summed E-state index contributed by atoms with van der Waals surface area (Å²) in [5, 5.41) is 4.90. The molecule has 9 heteroatoms. The van der Waals surface area contributed by atoms with Gasteiger partial charge >= 0.3 is 0 Å². The summed E-state index contributed by atoms with van der Waals surface area (Å²) in [4.78, 5) is 2.48. The molecule has 3 aromatic rings. The van der Waals surface area contributed by atoms with E-state index >= 15 is 0 Å². The van der Waals surface area contributed by atoms with Gasteiger partial charge in [0, 0.05) is 24.7 Å². The Morgan fingerprint density at radius 2 is 1.74 bits per heavy atom. The number of aromatic nitrogens is 2. The molecule has 4 rings (SSSR count). The molecule has 7 nitrogen and oxygen atoms in total. The first kappa shape index (κ1) is 21.8. The van der Waals surface area contributed by atoms with E-state index in [0.29, 0.717) is 11.6 Å². The maximum atomic E-state index is 13.3. The normalized spacial score (nSPS) is 15.1. The zero-order valence-corrected chi connectivity index (χ0v) is 18.6. The summed E-state index contributed by atoms with van der Waals surface area (Å²) >= 11 is 5.92. The first-order valence-corrected chi connectivity index (χ1v) is 12.0. The largest absolute Gasteiger partial charge is 0.476 e. The van der Waals surface area contributed by atoms with Gasteiger partial charge in [0.2, 0.25) is 9.84 Å².